The quantitative estimate of drug-likeness (QED) is 0.335. The summed E-state index contributed by atoms with van der Waals surface area (Å²) in [7, 11) is 1.66. The van der Waals surface area contributed by atoms with Gasteiger partial charge in [0.2, 0.25) is 0 Å². The standard InChI is InChI=1S/C20H47N3O2Si/c1-8-21(9-2)15-12-17-23(18-13-16-22(10-3)11-4)19-14-20-26(7,24-5)25-6/h8-20H2,1-7H3. The SMILES string of the molecule is CCN(CC)CCCN(CCCN(CC)CC)CCC[Si](C)(OC)OC. The monoisotopic (exact) mass is 389 g/mol. The van der Waals surface area contributed by atoms with Crippen molar-refractivity contribution in [2.24, 2.45) is 0 Å². The Morgan fingerprint density at radius 1 is 0.577 bits per heavy atom. The Labute approximate surface area is 165 Å². The fraction of sp³-hybridized carbons (Fsp3) is 1.00. The summed E-state index contributed by atoms with van der Waals surface area (Å²) >= 11 is 0. The summed E-state index contributed by atoms with van der Waals surface area (Å²) in [6, 6.07) is 1.07. The maximum Gasteiger partial charge on any atom is 0.334 e. The highest BCUT2D eigenvalue weighted by Gasteiger charge is 2.28. The van der Waals surface area contributed by atoms with Gasteiger partial charge in [-0.25, -0.2) is 0 Å². The fourth-order valence-electron chi connectivity index (χ4n) is 3.36. The summed E-state index contributed by atoms with van der Waals surface area (Å²) in [6.45, 7) is 21.8. The molecule has 0 heterocycles. The number of hydrogen-bond donors (Lipinski definition) is 0. The normalized spacial score (nSPS) is 12.7. The van der Waals surface area contributed by atoms with E-state index in [2.05, 4.69) is 48.9 Å². The molecule has 0 aliphatic rings. The van der Waals surface area contributed by atoms with Crippen LogP contribution in [-0.2, 0) is 8.85 Å². The van der Waals surface area contributed by atoms with Crippen LogP contribution in [0.15, 0.2) is 0 Å². The van der Waals surface area contributed by atoms with E-state index in [4.69, 9.17) is 8.85 Å². The van der Waals surface area contributed by atoms with Crippen molar-refractivity contribution in [2.45, 2.75) is 59.5 Å². The first-order valence-corrected chi connectivity index (χ1v) is 13.3. The molecular formula is C20H47N3O2Si. The molecule has 0 bridgehead atoms. The molecule has 0 aromatic rings. The molecule has 6 heteroatoms. The van der Waals surface area contributed by atoms with Crippen molar-refractivity contribution in [3.63, 3.8) is 0 Å². The van der Waals surface area contributed by atoms with E-state index in [0.29, 0.717) is 0 Å². The van der Waals surface area contributed by atoms with Gasteiger partial charge in [-0.3, -0.25) is 0 Å². The zero-order chi connectivity index (χ0) is 19.8. The van der Waals surface area contributed by atoms with Crippen LogP contribution in [0.4, 0.5) is 0 Å². The van der Waals surface area contributed by atoms with Crippen LogP contribution in [0, 0.1) is 0 Å². The van der Waals surface area contributed by atoms with Crippen LogP contribution in [-0.4, -0.2) is 96.4 Å². The van der Waals surface area contributed by atoms with E-state index in [0.717, 1.165) is 38.8 Å². The number of rotatable bonds is 18. The predicted molar refractivity (Wildman–Crippen MR) is 116 cm³/mol. The molecule has 158 valence electrons. The molecule has 26 heavy (non-hydrogen) atoms. The van der Waals surface area contributed by atoms with Gasteiger partial charge < -0.3 is 23.6 Å². The summed E-state index contributed by atoms with van der Waals surface area (Å²) < 4.78 is 11.3. The lowest BCUT2D eigenvalue weighted by atomic mass is 10.2. The Bertz CT molecular complexity index is 291. The highest BCUT2D eigenvalue weighted by Crippen LogP contribution is 2.14. The third kappa shape index (κ3) is 11.7. The van der Waals surface area contributed by atoms with Crippen LogP contribution in [0.3, 0.4) is 0 Å². The highest BCUT2D eigenvalue weighted by atomic mass is 28.4. The Morgan fingerprint density at radius 2 is 0.923 bits per heavy atom. The first-order chi connectivity index (χ1) is 12.5. The second-order valence-corrected chi connectivity index (χ2v) is 10.8. The molecule has 0 aliphatic carbocycles. The molecule has 0 rings (SSSR count). The molecule has 0 spiro atoms. The molecule has 0 atom stereocenters. The lowest BCUT2D eigenvalue weighted by molar-refractivity contribution is 0.212. The van der Waals surface area contributed by atoms with Crippen LogP contribution in [0.5, 0.6) is 0 Å². The van der Waals surface area contributed by atoms with Crippen molar-refractivity contribution < 1.29 is 8.85 Å². The molecule has 0 saturated carbocycles. The van der Waals surface area contributed by atoms with Gasteiger partial charge in [0.15, 0.2) is 0 Å². The van der Waals surface area contributed by atoms with Gasteiger partial charge in [-0.2, -0.15) is 0 Å². The van der Waals surface area contributed by atoms with E-state index in [-0.39, 0.29) is 0 Å². The second-order valence-electron chi connectivity index (χ2n) is 7.25. The van der Waals surface area contributed by atoms with E-state index in [1.54, 1.807) is 14.2 Å². The molecular weight excluding hydrogens is 342 g/mol. The van der Waals surface area contributed by atoms with Crippen molar-refractivity contribution in [3.8, 4) is 0 Å². The van der Waals surface area contributed by atoms with Gasteiger partial charge in [-0.05, 0) is 90.8 Å². The molecule has 5 nitrogen and oxygen atoms in total. The Kier molecular flexibility index (Phi) is 16.0. The van der Waals surface area contributed by atoms with Crippen LogP contribution < -0.4 is 0 Å². The average Bonchev–Trinajstić information content (AvgIpc) is 2.67. The van der Waals surface area contributed by atoms with Crippen LogP contribution in [0.1, 0.15) is 47.0 Å². The number of nitrogens with zero attached hydrogens (tertiary/aromatic N) is 3. The van der Waals surface area contributed by atoms with Gasteiger partial charge >= 0.3 is 8.56 Å². The first kappa shape index (κ1) is 26.0. The second kappa shape index (κ2) is 16.0. The zero-order valence-corrected chi connectivity index (χ0v) is 19.9. The Hall–Kier alpha value is 0.0169. The smallest absolute Gasteiger partial charge is 0.334 e. The van der Waals surface area contributed by atoms with Crippen molar-refractivity contribution in [2.75, 3.05) is 73.1 Å². The molecule has 0 aliphatic heterocycles. The maximum absolute atomic E-state index is 5.64. The molecule has 0 fully saturated rings. The minimum atomic E-state index is -1.93. The van der Waals surface area contributed by atoms with Gasteiger partial charge in [-0.15, -0.1) is 0 Å². The molecule has 0 unspecified atom stereocenters. The van der Waals surface area contributed by atoms with Crippen LogP contribution in [0.25, 0.3) is 0 Å². The molecule has 0 aromatic heterocycles. The van der Waals surface area contributed by atoms with Crippen molar-refractivity contribution in [1.82, 2.24) is 14.7 Å². The van der Waals surface area contributed by atoms with Gasteiger partial charge in [0.1, 0.15) is 0 Å². The zero-order valence-electron chi connectivity index (χ0n) is 18.9. The summed E-state index contributed by atoms with van der Waals surface area (Å²) in [4.78, 5) is 7.70. The van der Waals surface area contributed by atoms with Crippen LogP contribution in [0.2, 0.25) is 12.6 Å². The largest absolute Gasteiger partial charge is 0.398 e. The van der Waals surface area contributed by atoms with E-state index in [1.807, 2.05) is 0 Å². The van der Waals surface area contributed by atoms with Crippen molar-refractivity contribution >= 4 is 8.56 Å². The lowest BCUT2D eigenvalue weighted by Crippen LogP contribution is -2.38. The van der Waals surface area contributed by atoms with Crippen molar-refractivity contribution in [1.29, 1.82) is 0 Å². The van der Waals surface area contributed by atoms with E-state index >= 15 is 0 Å². The fourth-order valence-corrected chi connectivity index (χ4v) is 4.74. The summed E-state index contributed by atoms with van der Waals surface area (Å²) in [5.41, 5.74) is 0. The lowest BCUT2D eigenvalue weighted by Gasteiger charge is -2.28. The van der Waals surface area contributed by atoms with E-state index < -0.39 is 8.56 Å². The third-order valence-electron chi connectivity index (χ3n) is 5.66. The highest BCUT2D eigenvalue weighted by molar-refractivity contribution is 6.65. The summed E-state index contributed by atoms with van der Waals surface area (Å²) in [5, 5.41) is 0. The summed E-state index contributed by atoms with van der Waals surface area (Å²) in [6.07, 6.45) is 3.69. The molecule has 0 aromatic carbocycles. The third-order valence-corrected chi connectivity index (χ3v) is 8.64. The minimum absolute atomic E-state index is 1.07. The predicted octanol–water partition coefficient (Wildman–Crippen LogP) is 3.51. The van der Waals surface area contributed by atoms with Gasteiger partial charge in [0, 0.05) is 14.2 Å². The minimum Gasteiger partial charge on any atom is -0.398 e. The molecule has 0 radical (unpaired) electrons. The average molecular weight is 390 g/mol. The van der Waals surface area contributed by atoms with Crippen molar-refractivity contribution in [3.05, 3.63) is 0 Å². The molecule has 0 saturated heterocycles. The molecule has 0 amide bonds. The number of hydrogen-bond acceptors (Lipinski definition) is 5. The Morgan fingerprint density at radius 3 is 1.27 bits per heavy atom. The topological polar surface area (TPSA) is 28.2 Å². The molecule has 0 N–H and O–H groups in total. The van der Waals surface area contributed by atoms with Gasteiger partial charge in [0.25, 0.3) is 0 Å². The van der Waals surface area contributed by atoms with Gasteiger partial charge in [-0.1, -0.05) is 27.7 Å². The van der Waals surface area contributed by atoms with Crippen LogP contribution >= 0.6 is 0 Å². The maximum atomic E-state index is 5.64. The summed E-state index contributed by atoms with van der Waals surface area (Å²) in [5.74, 6) is 0. The first-order valence-electron chi connectivity index (χ1n) is 10.8. The van der Waals surface area contributed by atoms with E-state index in [9.17, 15) is 0 Å². The van der Waals surface area contributed by atoms with Gasteiger partial charge in [0.05, 0.1) is 0 Å². The van der Waals surface area contributed by atoms with E-state index in [1.165, 1.54) is 45.4 Å². The Balaban J connectivity index is 4.38.